The van der Waals surface area contributed by atoms with E-state index in [-0.39, 0.29) is 0 Å². The lowest BCUT2D eigenvalue weighted by atomic mass is 10.2. The summed E-state index contributed by atoms with van der Waals surface area (Å²) in [6, 6.07) is 5.46. The summed E-state index contributed by atoms with van der Waals surface area (Å²) in [7, 11) is 0. The van der Waals surface area contributed by atoms with Crippen molar-refractivity contribution < 1.29 is 4.74 Å². The van der Waals surface area contributed by atoms with Gasteiger partial charge in [0, 0.05) is 36.7 Å². The Labute approximate surface area is 108 Å². The molecule has 1 aliphatic carbocycles. The van der Waals surface area contributed by atoms with Crippen molar-refractivity contribution in [3.05, 3.63) is 24.0 Å². The Kier molecular flexibility index (Phi) is 3.48. The molecule has 0 radical (unpaired) electrons. The Morgan fingerprint density at radius 2 is 2.39 bits per heavy atom. The molecule has 0 aromatic carbocycles. The molecule has 1 atom stereocenters. The molecule has 2 aliphatic rings. The third-order valence-corrected chi connectivity index (χ3v) is 3.66. The topological polar surface area (TPSA) is 37.4 Å². The predicted molar refractivity (Wildman–Crippen MR) is 72.0 cm³/mol. The average molecular weight is 247 g/mol. The Hall–Kier alpha value is -1.13. The fourth-order valence-corrected chi connectivity index (χ4v) is 2.46. The van der Waals surface area contributed by atoms with Crippen molar-refractivity contribution in [3.8, 4) is 0 Å². The molecule has 4 nitrogen and oxygen atoms in total. The van der Waals surface area contributed by atoms with Crippen molar-refractivity contribution in [2.45, 2.75) is 31.8 Å². The van der Waals surface area contributed by atoms with E-state index in [2.05, 4.69) is 27.3 Å². The molecule has 98 valence electrons. The average Bonchev–Trinajstić information content (AvgIpc) is 3.21. The summed E-state index contributed by atoms with van der Waals surface area (Å²) in [5, 5.41) is 3.60. The second-order valence-electron chi connectivity index (χ2n) is 5.26. The van der Waals surface area contributed by atoms with Crippen LogP contribution in [0.3, 0.4) is 0 Å². The zero-order chi connectivity index (χ0) is 12.4. The summed E-state index contributed by atoms with van der Waals surface area (Å²) in [5.74, 6) is 0. The summed E-state index contributed by atoms with van der Waals surface area (Å²) < 4.78 is 5.62. The van der Waals surface area contributed by atoms with Crippen molar-refractivity contribution in [2.24, 2.45) is 0 Å². The molecule has 1 aromatic heterocycles. The number of pyridine rings is 1. The van der Waals surface area contributed by atoms with Gasteiger partial charge in [-0.15, -0.1) is 0 Å². The Balaban J connectivity index is 1.69. The van der Waals surface area contributed by atoms with Gasteiger partial charge in [-0.2, -0.15) is 0 Å². The lowest BCUT2D eigenvalue weighted by Gasteiger charge is -2.37. The van der Waals surface area contributed by atoms with E-state index in [9.17, 15) is 0 Å². The number of ether oxygens (including phenoxy) is 1. The van der Waals surface area contributed by atoms with E-state index in [0.717, 1.165) is 38.0 Å². The molecule has 1 N–H and O–H groups in total. The first-order chi connectivity index (χ1) is 8.83. The van der Waals surface area contributed by atoms with Gasteiger partial charge in [0.05, 0.1) is 19.3 Å². The van der Waals surface area contributed by atoms with Crippen molar-refractivity contribution in [1.29, 1.82) is 0 Å². The van der Waals surface area contributed by atoms with E-state index in [4.69, 9.17) is 4.74 Å². The molecule has 0 bridgehead atoms. The predicted octanol–water partition coefficient (Wildman–Crippen LogP) is 1.35. The summed E-state index contributed by atoms with van der Waals surface area (Å²) in [6.07, 6.45) is 4.56. The maximum Gasteiger partial charge on any atom is 0.0683 e. The van der Waals surface area contributed by atoms with Crippen LogP contribution >= 0.6 is 0 Å². The highest BCUT2D eigenvalue weighted by atomic mass is 16.5. The zero-order valence-corrected chi connectivity index (χ0v) is 10.9. The van der Waals surface area contributed by atoms with E-state index in [1.165, 1.54) is 18.5 Å². The molecule has 0 spiro atoms. The molecular formula is C14H21N3O. The quantitative estimate of drug-likeness (QED) is 0.871. The van der Waals surface area contributed by atoms with Gasteiger partial charge in [-0.25, -0.2) is 0 Å². The van der Waals surface area contributed by atoms with Crippen LogP contribution < -0.4 is 10.2 Å². The Bertz CT molecular complexity index is 406. The van der Waals surface area contributed by atoms with Crippen LogP contribution in [-0.4, -0.2) is 43.4 Å². The minimum atomic E-state index is 0.446. The smallest absolute Gasteiger partial charge is 0.0683 e. The van der Waals surface area contributed by atoms with Gasteiger partial charge in [0.15, 0.2) is 0 Å². The molecule has 2 fully saturated rings. The van der Waals surface area contributed by atoms with Gasteiger partial charge in [0.25, 0.3) is 0 Å². The van der Waals surface area contributed by atoms with Gasteiger partial charge in [-0.1, -0.05) is 0 Å². The normalized spacial score (nSPS) is 24.3. The van der Waals surface area contributed by atoms with E-state index in [1.54, 1.807) is 0 Å². The highest BCUT2D eigenvalue weighted by molar-refractivity contribution is 5.48. The minimum Gasteiger partial charge on any atom is -0.377 e. The lowest BCUT2D eigenvalue weighted by molar-refractivity contribution is 0.0936. The molecule has 4 heteroatoms. The van der Waals surface area contributed by atoms with Gasteiger partial charge in [0.1, 0.15) is 0 Å². The monoisotopic (exact) mass is 247 g/mol. The van der Waals surface area contributed by atoms with E-state index >= 15 is 0 Å². The molecule has 0 amide bonds. The fourth-order valence-electron chi connectivity index (χ4n) is 2.46. The van der Waals surface area contributed by atoms with Crippen LogP contribution in [0.4, 0.5) is 5.69 Å². The maximum absolute atomic E-state index is 5.62. The number of hydrogen-bond acceptors (Lipinski definition) is 4. The largest absolute Gasteiger partial charge is 0.377 e. The first-order valence-electron chi connectivity index (χ1n) is 6.83. The highest BCUT2D eigenvalue weighted by Crippen LogP contribution is 2.22. The Morgan fingerprint density at radius 1 is 1.50 bits per heavy atom. The van der Waals surface area contributed by atoms with Crippen molar-refractivity contribution in [1.82, 2.24) is 10.3 Å². The summed E-state index contributed by atoms with van der Waals surface area (Å²) in [5.41, 5.74) is 2.35. The van der Waals surface area contributed by atoms with Gasteiger partial charge in [-0.05, 0) is 31.9 Å². The van der Waals surface area contributed by atoms with E-state index in [0.29, 0.717) is 6.04 Å². The number of nitrogens with one attached hydrogen (secondary N) is 1. The van der Waals surface area contributed by atoms with Crippen LogP contribution in [0.5, 0.6) is 0 Å². The van der Waals surface area contributed by atoms with Crippen LogP contribution in [0.2, 0.25) is 0 Å². The molecule has 18 heavy (non-hydrogen) atoms. The van der Waals surface area contributed by atoms with Crippen molar-refractivity contribution in [3.63, 3.8) is 0 Å². The number of aryl methyl sites for hydroxylation is 1. The second kappa shape index (κ2) is 5.24. The number of hydrogen-bond donors (Lipinski definition) is 1. The number of aromatic nitrogens is 1. The van der Waals surface area contributed by atoms with E-state index < -0.39 is 0 Å². The minimum absolute atomic E-state index is 0.446. The fraction of sp³-hybridized carbons (Fsp3) is 0.643. The van der Waals surface area contributed by atoms with Gasteiger partial charge in [-0.3, -0.25) is 4.98 Å². The van der Waals surface area contributed by atoms with Crippen molar-refractivity contribution in [2.75, 3.05) is 31.2 Å². The number of morpholine rings is 1. The Morgan fingerprint density at radius 3 is 3.17 bits per heavy atom. The van der Waals surface area contributed by atoms with Crippen molar-refractivity contribution >= 4 is 5.69 Å². The first kappa shape index (κ1) is 11.9. The third-order valence-electron chi connectivity index (χ3n) is 3.66. The number of rotatable bonds is 4. The van der Waals surface area contributed by atoms with Gasteiger partial charge < -0.3 is 15.0 Å². The van der Waals surface area contributed by atoms with Crippen LogP contribution in [-0.2, 0) is 4.74 Å². The summed E-state index contributed by atoms with van der Waals surface area (Å²) in [4.78, 5) is 6.72. The molecule has 1 aromatic rings. The molecule has 3 rings (SSSR count). The summed E-state index contributed by atoms with van der Waals surface area (Å²) >= 11 is 0. The molecule has 1 saturated carbocycles. The van der Waals surface area contributed by atoms with E-state index in [1.807, 2.05) is 13.1 Å². The zero-order valence-electron chi connectivity index (χ0n) is 10.9. The molecular weight excluding hydrogens is 226 g/mol. The SMILES string of the molecule is Cc1cc(N2CCOCC2CNC2CC2)ccn1. The van der Waals surface area contributed by atoms with Gasteiger partial charge in [0.2, 0.25) is 0 Å². The van der Waals surface area contributed by atoms with Crippen LogP contribution in [0.15, 0.2) is 18.3 Å². The molecule has 2 heterocycles. The highest BCUT2D eigenvalue weighted by Gasteiger charge is 2.27. The lowest BCUT2D eigenvalue weighted by Crippen LogP contribution is -2.51. The standard InChI is InChI=1S/C14H21N3O/c1-11-8-13(4-5-15-11)17-6-7-18-10-14(17)9-16-12-2-3-12/h4-5,8,12,14,16H,2-3,6-7,9-10H2,1H3. The molecule has 1 aliphatic heterocycles. The van der Waals surface area contributed by atoms with Crippen LogP contribution in [0.25, 0.3) is 0 Å². The molecule has 1 saturated heterocycles. The van der Waals surface area contributed by atoms with Gasteiger partial charge >= 0.3 is 0 Å². The van der Waals surface area contributed by atoms with Crippen LogP contribution in [0, 0.1) is 6.92 Å². The number of anilines is 1. The molecule has 1 unspecified atom stereocenters. The third kappa shape index (κ3) is 2.82. The maximum atomic E-state index is 5.62. The number of nitrogens with zero attached hydrogens (tertiary/aromatic N) is 2. The second-order valence-corrected chi connectivity index (χ2v) is 5.26. The first-order valence-corrected chi connectivity index (χ1v) is 6.83. The van der Waals surface area contributed by atoms with Crippen LogP contribution in [0.1, 0.15) is 18.5 Å². The summed E-state index contributed by atoms with van der Waals surface area (Å²) in [6.45, 7) is 5.68.